The second-order valence-corrected chi connectivity index (χ2v) is 6.49. The summed E-state index contributed by atoms with van der Waals surface area (Å²) < 4.78 is 30.0. The highest BCUT2D eigenvalue weighted by molar-refractivity contribution is 14.1. The second kappa shape index (κ2) is 5.91. The number of pyridine rings is 1. The van der Waals surface area contributed by atoms with Gasteiger partial charge in [-0.2, -0.15) is 4.39 Å². The summed E-state index contributed by atoms with van der Waals surface area (Å²) in [4.78, 5) is 23.5. The maximum atomic E-state index is 14.2. The van der Waals surface area contributed by atoms with Gasteiger partial charge in [0.15, 0.2) is 0 Å². The van der Waals surface area contributed by atoms with Gasteiger partial charge in [-0.15, -0.1) is 0 Å². The average Bonchev–Trinajstić information content (AvgIpc) is 2.91. The molecule has 1 aromatic carbocycles. The Morgan fingerprint density at radius 2 is 2.04 bits per heavy atom. The molecule has 0 aliphatic carbocycles. The Balaban J connectivity index is 2.07. The minimum absolute atomic E-state index is 0.0438. The molecule has 0 spiro atoms. The van der Waals surface area contributed by atoms with Gasteiger partial charge in [-0.05, 0) is 53.3 Å². The second-order valence-electron chi connectivity index (χ2n) is 5.25. The molecule has 1 unspecified atom stereocenters. The Bertz CT molecular complexity index is 867. The number of halogens is 3. The Morgan fingerprint density at radius 1 is 1.30 bits per heavy atom. The number of fused-ring (bicyclic) bond motifs is 1. The first kappa shape index (κ1) is 15.9. The van der Waals surface area contributed by atoms with Crippen molar-refractivity contribution >= 4 is 39.9 Å². The van der Waals surface area contributed by atoms with Crippen LogP contribution in [0.25, 0.3) is 0 Å². The van der Waals surface area contributed by atoms with Crippen LogP contribution in [-0.4, -0.2) is 10.5 Å². The summed E-state index contributed by atoms with van der Waals surface area (Å²) in [7, 11) is 0. The Morgan fingerprint density at radius 3 is 2.70 bits per heavy atom. The summed E-state index contributed by atoms with van der Waals surface area (Å²) in [6.07, 6.45) is 0.353. The summed E-state index contributed by atoms with van der Waals surface area (Å²) in [5.41, 5.74) is 4.68. The Hall–Kier alpha value is -1.97. The molecule has 1 amide bonds. The van der Waals surface area contributed by atoms with E-state index in [0.717, 1.165) is 0 Å². The number of aromatic nitrogens is 1. The molecular formula is C15H12F2IN3O2. The largest absolute Gasteiger partial charge is 0.369 e. The molecule has 0 saturated carbocycles. The van der Waals surface area contributed by atoms with E-state index < -0.39 is 29.0 Å². The van der Waals surface area contributed by atoms with E-state index in [1.807, 2.05) is 22.6 Å². The zero-order valence-corrected chi connectivity index (χ0v) is 13.9. The summed E-state index contributed by atoms with van der Waals surface area (Å²) in [5, 5.41) is 2.58. The smallest absolute Gasteiger partial charge is 0.288 e. The molecule has 0 radical (unpaired) electrons. The molecule has 120 valence electrons. The number of amides is 1. The van der Waals surface area contributed by atoms with Gasteiger partial charge in [0.2, 0.25) is 11.7 Å². The van der Waals surface area contributed by atoms with Crippen molar-refractivity contribution in [1.29, 1.82) is 0 Å². The molecule has 23 heavy (non-hydrogen) atoms. The third-order valence-electron chi connectivity index (χ3n) is 3.82. The highest BCUT2D eigenvalue weighted by Crippen LogP contribution is 2.30. The number of primary amides is 1. The number of nitrogens with two attached hydrogens (primary N) is 1. The van der Waals surface area contributed by atoms with Gasteiger partial charge in [0.25, 0.3) is 5.56 Å². The number of benzene rings is 1. The maximum absolute atomic E-state index is 14.2. The zero-order chi connectivity index (χ0) is 16.7. The molecule has 1 atom stereocenters. The van der Waals surface area contributed by atoms with Crippen molar-refractivity contribution in [1.82, 2.24) is 4.57 Å². The van der Waals surface area contributed by atoms with Gasteiger partial charge in [-0.3, -0.25) is 9.59 Å². The van der Waals surface area contributed by atoms with Crippen LogP contribution in [0, 0.1) is 15.2 Å². The van der Waals surface area contributed by atoms with E-state index in [-0.39, 0.29) is 17.9 Å². The van der Waals surface area contributed by atoms with E-state index in [4.69, 9.17) is 5.73 Å². The maximum Gasteiger partial charge on any atom is 0.288 e. The Labute approximate surface area is 143 Å². The Kier molecular flexibility index (Phi) is 4.09. The summed E-state index contributed by atoms with van der Waals surface area (Å²) >= 11 is 1.95. The SMILES string of the molecule is NC(=O)C1CCn2c1cc(Nc1ccc(I)cc1F)c(F)c2=O. The van der Waals surface area contributed by atoms with Gasteiger partial charge >= 0.3 is 0 Å². The third-order valence-corrected chi connectivity index (χ3v) is 4.49. The van der Waals surface area contributed by atoms with Crippen molar-refractivity contribution in [3.05, 3.63) is 55.5 Å². The molecule has 1 aliphatic rings. The van der Waals surface area contributed by atoms with Crippen LogP contribution in [0.4, 0.5) is 20.2 Å². The summed E-state index contributed by atoms with van der Waals surface area (Å²) in [5.74, 6) is -2.81. The van der Waals surface area contributed by atoms with Crippen LogP contribution in [-0.2, 0) is 11.3 Å². The number of hydrogen-bond acceptors (Lipinski definition) is 3. The summed E-state index contributed by atoms with van der Waals surface area (Å²) in [6, 6.07) is 5.73. The molecule has 2 heterocycles. The number of nitrogens with one attached hydrogen (secondary N) is 1. The van der Waals surface area contributed by atoms with Crippen molar-refractivity contribution in [3.8, 4) is 0 Å². The van der Waals surface area contributed by atoms with E-state index >= 15 is 0 Å². The lowest BCUT2D eigenvalue weighted by atomic mass is 10.0. The zero-order valence-electron chi connectivity index (χ0n) is 11.8. The number of hydrogen-bond donors (Lipinski definition) is 2. The average molecular weight is 431 g/mol. The molecule has 0 bridgehead atoms. The predicted octanol–water partition coefficient (Wildman–Crippen LogP) is 2.45. The molecule has 5 nitrogen and oxygen atoms in total. The normalized spacial score (nSPS) is 16.2. The molecule has 0 saturated heterocycles. The van der Waals surface area contributed by atoms with E-state index in [1.165, 1.54) is 22.8 Å². The van der Waals surface area contributed by atoms with E-state index in [2.05, 4.69) is 5.32 Å². The van der Waals surface area contributed by atoms with Gasteiger partial charge in [-0.25, -0.2) is 4.39 Å². The first-order valence-corrected chi connectivity index (χ1v) is 7.91. The minimum atomic E-state index is -1.02. The lowest BCUT2D eigenvalue weighted by Crippen LogP contribution is -2.26. The molecule has 3 rings (SSSR count). The molecule has 8 heteroatoms. The van der Waals surface area contributed by atoms with Crippen LogP contribution < -0.4 is 16.6 Å². The van der Waals surface area contributed by atoms with Crippen LogP contribution in [0.5, 0.6) is 0 Å². The fourth-order valence-electron chi connectivity index (χ4n) is 2.68. The summed E-state index contributed by atoms with van der Waals surface area (Å²) in [6.45, 7) is 0.233. The van der Waals surface area contributed by atoms with Crippen molar-refractivity contribution in [3.63, 3.8) is 0 Å². The van der Waals surface area contributed by atoms with E-state index in [9.17, 15) is 18.4 Å². The van der Waals surface area contributed by atoms with Crippen LogP contribution in [0.2, 0.25) is 0 Å². The van der Waals surface area contributed by atoms with Crippen molar-refractivity contribution in [2.24, 2.45) is 5.73 Å². The quantitative estimate of drug-likeness (QED) is 0.734. The predicted molar refractivity (Wildman–Crippen MR) is 89.6 cm³/mol. The monoisotopic (exact) mass is 431 g/mol. The van der Waals surface area contributed by atoms with Gasteiger partial charge in [-0.1, -0.05) is 0 Å². The fraction of sp³-hybridized carbons (Fsp3) is 0.200. The molecule has 1 aromatic heterocycles. The molecule has 2 aromatic rings. The number of carbonyl (C=O) groups is 1. The van der Waals surface area contributed by atoms with Crippen molar-refractivity contribution in [2.45, 2.75) is 18.9 Å². The highest BCUT2D eigenvalue weighted by Gasteiger charge is 2.30. The number of anilines is 2. The standard InChI is InChI=1S/C15H12F2IN3O2/c16-9-5-7(18)1-2-10(9)20-11-6-12-8(14(19)22)3-4-21(12)15(23)13(11)17/h1-2,5-6,8,20H,3-4H2,(H2,19,22). The van der Waals surface area contributed by atoms with Gasteiger partial charge < -0.3 is 15.6 Å². The van der Waals surface area contributed by atoms with E-state index in [0.29, 0.717) is 15.7 Å². The van der Waals surface area contributed by atoms with Crippen LogP contribution in [0.1, 0.15) is 18.0 Å². The van der Waals surface area contributed by atoms with Crippen LogP contribution in [0.3, 0.4) is 0 Å². The van der Waals surface area contributed by atoms with Gasteiger partial charge in [0.05, 0.1) is 17.3 Å². The topological polar surface area (TPSA) is 77.1 Å². The molecular weight excluding hydrogens is 419 g/mol. The van der Waals surface area contributed by atoms with Gasteiger partial charge in [0, 0.05) is 15.8 Å². The van der Waals surface area contributed by atoms with Crippen LogP contribution >= 0.6 is 22.6 Å². The molecule has 1 aliphatic heterocycles. The first-order valence-electron chi connectivity index (χ1n) is 6.83. The fourth-order valence-corrected chi connectivity index (χ4v) is 3.13. The third kappa shape index (κ3) is 2.82. The molecule has 3 N–H and O–H groups in total. The molecule has 0 fully saturated rings. The number of carbonyl (C=O) groups excluding carboxylic acids is 1. The van der Waals surface area contributed by atoms with Crippen LogP contribution in [0.15, 0.2) is 29.1 Å². The van der Waals surface area contributed by atoms with Crippen molar-refractivity contribution in [2.75, 3.05) is 5.32 Å². The number of rotatable bonds is 3. The van der Waals surface area contributed by atoms with Gasteiger partial charge in [0.1, 0.15) is 5.82 Å². The first-order chi connectivity index (χ1) is 10.9. The highest BCUT2D eigenvalue weighted by atomic mass is 127. The van der Waals surface area contributed by atoms with Crippen molar-refractivity contribution < 1.29 is 13.6 Å². The number of nitrogens with zero attached hydrogens (tertiary/aromatic N) is 1. The van der Waals surface area contributed by atoms with E-state index in [1.54, 1.807) is 6.07 Å². The minimum Gasteiger partial charge on any atom is -0.369 e. The lowest BCUT2D eigenvalue weighted by molar-refractivity contribution is -0.119. The lowest BCUT2D eigenvalue weighted by Gasteiger charge is -2.13.